The first-order valence-electron chi connectivity index (χ1n) is 9.29. The van der Waals surface area contributed by atoms with E-state index >= 15 is 0 Å². The van der Waals surface area contributed by atoms with Gasteiger partial charge in [0.25, 0.3) is 0 Å². The van der Waals surface area contributed by atoms with E-state index in [1.807, 2.05) is 13.2 Å². The molecule has 2 saturated carbocycles. The van der Waals surface area contributed by atoms with Crippen molar-refractivity contribution < 1.29 is 4.74 Å². The largest absolute Gasteiger partial charge is 0.377 e. The van der Waals surface area contributed by atoms with Gasteiger partial charge in [-0.2, -0.15) is 5.10 Å². The fraction of sp³-hybridized carbons (Fsp3) is 0.850. The highest BCUT2D eigenvalue weighted by molar-refractivity contribution is 14.1. The van der Waals surface area contributed by atoms with Crippen LogP contribution in [-0.2, 0) is 11.3 Å². The summed E-state index contributed by atoms with van der Waals surface area (Å²) >= 11 is 2.39. The number of fused-ring (bicyclic) bond motifs is 2. The smallest absolute Gasteiger partial charge is 0.0626 e. The van der Waals surface area contributed by atoms with Gasteiger partial charge in [0, 0.05) is 18.8 Å². The van der Waals surface area contributed by atoms with Crippen LogP contribution in [0.5, 0.6) is 0 Å². The number of likely N-dealkylation sites (N-methyl/N-ethyl adjacent to an activating group) is 1. The van der Waals surface area contributed by atoms with Crippen LogP contribution >= 0.6 is 22.6 Å². The fourth-order valence-electron chi connectivity index (χ4n) is 5.65. The lowest BCUT2D eigenvalue weighted by Gasteiger charge is -2.55. The van der Waals surface area contributed by atoms with Crippen LogP contribution in [-0.4, -0.2) is 36.1 Å². The molecule has 3 rings (SSSR count). The number of aromatic nitrogens is 2. The van der Waals surface area contributed by atoms with Crippen LogP contribution in [0.1, 0.15) is 59.1 Å². The minimum atomic E-state index is 0. The van der Waals surface area contributed by atoms with Crippen molar-refractivity contribution in [2.45, 2.75) is 73.0 Å². The van der Waals surface area contributed by atoms with Crippen molar-refractivity contribution in [1.29, 1.82) is 0 Å². The summed E-state index contributed by atoms with van der Waals surface area (Å²) in [5, 5.41) is 7.85. The molecule has 2 aliphatic carbocycles. The predicted molar refractivity (Wildman–Crippen MR) is 113 cm³/mol. The third-order valence-corrected chi connectivity index (χ3v) is 7.10. The number of nitrogens with zero attached hydrogens (tertiary/aromatic N) is 2. The Kier molecular flexibility index (Phi) is 6.99. The summed E-state index contributed by atoms with van der Waals surface area (Å²) in [5.41, 5.74) is 2.08. The summed E-state index contributed by atoms with van der Waals surface area (Å²) in [6, 6.07) is 0. The summed E-state index contributed by atoms with van der Waals surface area (Å²) in [5.74, 6) is 0.803. The van der Waals surface area contributed by atoms with Crippen LogP contribution in [0.2, 0.25) is 0 Å². The van der Waals surface area contributed by atoms with Crippen molar-refractivity contribution in [1.82, 2.24) is 15.1 Å². The topological polar surface area (TPSA) is 39.1 Å². The van der Waals surface area contributed by atoms with Crippen LogP contribution in [0.4, 0.5) is 0 Å². The van der Waals surface area contributed by atoms with Crippen molar-refractivity contribution >= 4 is 22.6 Å². The Balaban J connectivity index is 0.00000225. The molecule has 4 atom stereocenters. The first-order valence-corrected chi connectivity index (χ1v) is 10.4. The Bertz CT molecular complexity index is 575. The quantitative estimate of drug-likeness (QED) is 0.496. The molecule has 1 N–H and O–H groups in total. The highest BCUT2D eigenvalue weighted by atomic mass is 127. The molecule has 0 aromatic carbocycles. The molecule has 2 bridgehead atoms. The van der Waals surface area contributed by atoms with Gasteiger partial charge in [-0.05, 0) is 85.4 Å². The normalized spacial score (nSPS) is 34.6. The first kappa shape index (κ1) is 21.2. The third-order valence-electron chi connectivity index (χ3n) is 6.04. The van der Waals surface area contributed by atoms with Crippen molar-refractivity contribution in [3.63, 3.8) is 0 Å². The molecule has 5 heteroatoms. The Morgan fingerprint density at radius 1 is 1.36 bits per heavy atom. The Hall–Kier alpha value is -0.140. The molecular weight excluding hydrogens is 425 g/mol. The molecule has 1 heterocycles. The maximum absolute atomic E-state index is 6.26. The molecule has 0 aliphatic heterocycles. The Morgan fingerprint density at radius 2 is 2.12 bits per heavy atom. The predicted octanol–water partition coefficient (Wildman–Crippen LogP) is 4.64. The molecule has 25 heavy (non-hydrogen) atoms. The van der Waals surface area contributed by atoms with Gasteiger partial charge in [-0.3, -0.25) is 4.68 Å². The highest BCUT2D eigenvalue weighted by Crippen LogP contribution is 2.58. The average Bonchev–Trinajstić information content (AvgIpc) is 2.77. The number of hydrogen-bond acceptors (Lipinski definition) is 3. The Morgan fingerprint density at radius 3 is 2.76 bits per heavy atom. The van der Waals surface area contributed by atoms with Gasteiger partial charge in [0.1, 0.15) is 0 Å². The number of rotatable bonds is 6. The Labute approximate surface area is 167 Å². The van der Waals surface area contributed by atoms with E-state index in [9.17, 15) is 0 Å². The van der Waals surface area contributed by atoms with Crippen LogP contribution in [0.15, 0.2) is 6.20 Å². The highest BCUT2D eigenvalue weighted by Gasteiger charge is 2.51. The lowest BCUT2D eigenvalue weighted by Crippen LogP contribution is -2.49. The van der Waals surface area contributed by atoms with E-state index in [0.717, 1.165) is 25.6 Å². The molecule has 144 valence electrons. The van der Waals surface area contributed by atoms with Gasteiger partial charge >= 0.3 is 0 Å². The van der Waals surface area contributed by atoms with Crippen molar-refractivity contribution in [2.75, 3.05) is 20.2 Å². The van der Waals surface area contributed by atoms with Gasteiger partial charge in [-0.15, -0.1) is 0 Å². The minimum Gasteiger partial charge on any atom is -0.377 e. The molecule has 1 aromatic heterocycles. The van der Waals surface area contributed by atoms with Gasteiger partial charge in [0.05, 0.1) is 22.5 Å². The van der Waals surface area contributed by atoms with E-state index in [4.69, 9.17) is 4.74 Å². The van der Waals surface area contributed by atoms with Gasteiger partial charge in [0.2, 0.25) is 0 Å². The molecule has 0 radical (unpaired) electrons. The van der Waals surface area contributed by atoms with E-state index in [2.05, 4.69) is 58.5 Å². The van der Waals surface area contributed by atoms with Crippen LogP contribution in [0.3, 0.4) is 0 Å². The van der Waals surface area contributed by atoms with Crippen molar-refractivity contribution in [3.8, 4) is 0 Å². The molecule has 0 spiro atoms. The molecule has 4 unspecified atom stereocenters. The molecule has 1 aromatic rings. The van der Waals surface area contributed by atoms with E-state index in [1.165, 1.54) is 41.4 Å². The zero-order valence-electron chi connectivity index (χ0n) is 15.6. The maximum atomic E-state index is 6.26. The number of hydrogen-bond donors (Lipinski definition) is 1. The molecule has 4 nitrogen and oxygen atoms in total. The van der Waals surface area contributed by atoms with Crippen LogP contribution in [0.25, 0.3) is 0 Å². The average molecular weight is 461 g/mol. The van der Waals surface area contributed by atoms with Gasteiger partial charge in [-0.25, -0.2) is 0 Å². The van der Waals surface area contributed by atoms with Gasteiger partial charge in [-0.1, -0.05) is 21.3 Å². The monoisotopic (exact) mass is 461 g/mol. The zero-order chi connectivity index (χ0) is 17.4. The van der Waals surface area contributed by atoms with Gasteiger partial charge < -0.3 is 10.1 Å². The lowest BCUT2D eigenvalue weighted by atomic mass is 9.52. The zero-order valence-corrected chi connectivity index (χ0v) is 17.7. The molecular formula is C20H36IN3O. The summed E-state index contributed by atoms with van der Waals surface area (Å²) in [4.78, 5) is 0. The van der Waals surface area contributed by atoms with Crippen molar-refractivity contribution in [2.24, 2.45) is 16.7 Å². The molecule has 0 saturated heterocycles. The van der Waals surface area contributed by atoms with Crippen LogP contribution in [0, 0.1) is 27.2 Å². The fourth-order valence-corrected chi connectivity index (χ4v) is 6.05. The molecule has 2 fully saturated rings. The number of ether oxygens (including phenoxy) is 1. The van der Waals surface area contributed by atoms with E-state index < -0.39 is 0 Å². The molecule has 0 amide bonds. The van der Waals surface area contributed by atoms with Crippen molar-refractivity contribution in [3.05, 3.63) is 15.5 Å². The number of nitrogens with one attached hydrogen (secondary N) is 1. The molecule has 2 aliphatic rings. The summed E-state index contributed by atoms with van der Waals surface area (Å²) < 4.78 is 9.78. The van der Waals surface area contributed by atoms with Gasteiger partial charge in [0.15, 0.2) is 0 Å². The second-order valence-corrected chi connectivity index (χ2v) is 9.90. The minimum absolute atomic E-state index is 0. The SMILES string of the molecule is C.CNCCOC1CC2(C)CC(C)CC(Cn3ncc(I)c3C)(C1)C2. The van der Waals surface area contributed by atoms with Crippen LogP contribution < -0.4 is 5.32 Å². The number of halogens is 1. The van der Waals surface area contributed by atoms with E-state index in [1.54, 1.807) is 0 Å². The second-order valence-electron chi connectivity index (χ2n) is 8.74. The van der Waals surface area contributed by atoms with E-state index in [0.29, 0.717) is 16.9 Å². The lowest BCUT2D eigenvalue weighted by molar-refractivity contribution is -0.109. The summed E-state index contributed by atoms with van der Waals surface area (Å²) in [6.07, 6.45) is 8.79. The standard InChI is InChI=1S/C19H32IN3O.CH4/c1-14-7-18(3)9-16(24-6-5-21-4)10-19(8-14,12-18)13-23-15(2)17(20)11-22-23;/h11,14,16,21H,5-10,12-13H2,1-4H3;1H4. The summed E-state index contributed by atoms with van der Waals surface area (Å²) in [6.45, 7) is 9.93. The summed E-state index contributed by atoms with van der Waals surface area (Å²) in [7, 11) is 1.99. The third kappa shape index (κ3) is 4.78. The van der Waals surface area contributed by atoms with E-state index in [-0.39, 0.29) is 7.43 Å². The maximum Gasteiger partial charge on any atom is 0.0626 e. The second kappa shape index (κ2) is 8.26. The first-order chi connectivity index (χ1) is 11.3.